The lowest BCUT2D eigenvalue weighted by atomic mass is 9.86. The van der Waals surface area contributed by atoms with E-state index in [-0.39, 0.29) is 24.1 Å². The van der Waals surface area contributed by atoms with Crippen molar-refractivity contribution in [2.45, 2.75) is 56.0 Å². The molecule has 4 aromatic rings. The van der Waals surface area contributed by atoms with E-state index in [1.807, 2.05) is 16.7 Å². The average Bonchev–Trinajstić information content (AvgIpc) is 3.51. The van der Waals surface area contributed by atoms with Crippen molar-refractivity contribution in [3.05, 3.63) is 99.0 Å². The van der Waals surface area contributed by atoms with Crippen LogP contribution in [0.1, 0.15) is 36.8 Å². The zero-order chi connectivity index (χ0) is 28.0. The summed E-state index contributed by atoms with van der Waals surface area (Å²) >= 11 is 0. The van der Waals surface area contributed by atoms with Crippen molar-refractivity contribution in [2.24, 2.45) is 14.1 Å². The predicted octanol–water partition coefficient (Wildman–Crippen LogP) is -2.50. The quantitative estimate of drug-likeness (QED) is 0.234. The molecule has 2 bridgehead atoms. The minimum atomic E-state index is -1.89. The smallest absolute Gasteiger partial charge is 0.347 e. The first-order valence-electron chi connectivity index (χ1n) is 13.8. The number of carbonyl (C=O) groups is 1. The van der Waals surface area contributed by atoms with Crippen molar-refractivity contribution in [1.29, 1.82) is 0 Å². The van der Waals surface area contributed by atoms with Gasteiger partial charge in [0, 0.05) is 39.8 Å². The summed E-state index contributed by atoms with van der Waals surface area (Å²) < 4.78 is 10.4. The Morgan fingerprint density at radius 3 is 2.10 bits per heavy atom. The highest BCUT2D eigenvalue weighted by atomic mass is 35.5. The summed E-state index contributed by atoms with van der Waals surface area (Å²) in [5, 5.41) is 11.8. The lowest BCUT2D eigenvalue weighted by Gasteiger charge is -2.37. The fraction of sp³-hybridized carbons (Fsp3) is 0.400. The van der Waals surface area contributed by atoms with Gasteiger partial charge in [0.25, 0.3) is 5.56 Å². The topological polar surface area (TPSA) is 113 Å². The Morgan fingerprint density at radius 2 is 1.54 bits per heavy atom. The van der Waals surface area contributed by atoms with E-state index in [0.29, 0.717) is 40.9 Å². The second kappa shape index (κ2) is 11.3. The number of piperidine rings is 1. The average molecular weight is 580 g/mol. The number of fused-ring (bicyclic) bond motifs is 3. The van der Waals surface area contributed by atoms with E-state index in [2.05, 4.69) is 4.98 Å². The van der Waals surface area contributed by atoms with Gasteiger partial charge in [-0.05, 0) is 11.1 Å². The molecule has 0 saturated carbocycles. The van der Waals surface area contributed by atoms with Gasteiger partial charge in [0.1, 0.15) is 6.10 Å². The summed E-state index contributed by atoms with van der Waals surface area (Å²) in [5.41, 5.74) is -0.845. The minimum absolute atomic E-state index is 0. The van der Waals surface area contributed by atoms with Crippen molar-refractivity contribution < 1.29 is 31.9 Å². The van der Waals surface area contributed by atoms with Gasteiger partial charge >= 0.3 is 11.7 Å². The van der Waals surface area contributed by atoms with E-state index in [1.54, 1.807) is 61.9 Å². The maximum Gasteiger partial charge on any atom is 0.347 e. The third kappa shape index (κ3) is 4.90. The summed E-state index contributed by atoms with van der Waals surface area (Å²) in [7, 11) is 3.10. The normalized spacial score (nSPS) is 21.9. The van der Waals surface area contributed by atoms with Gasteiger partial charge in [-0.15, -0.1) is 0 Å². The van der Waals surface area contributed by atoms with Crippen molar-refractivity contribution >= 4 is 17.1 Å². The molecular weight excluding hydrogens is 546 g/mol. The molecule has 216 valence electrons. The first kappa shape index (κ1) is 28.8. The minimum Gasteiger partial charge on any atom is -1.00 e. The number of rotatable bonds is 7. The first-order valence-corrected chi connectivity index (χ1v) is 13.8. The van der Waals surface area contributed by atoms with Crippen molar-refractivity contribution in [3.8, 4) is 0 Å². The van der Waals surface area contributed by atoms with Crippen molar-refractivity contribution in [2.75, 3.05) is 6.54 Å². The number of halogens is 1. The monoisotopic (exact) mass is 579 g/mol. The van der Waals surface area contributed by atoms with Crippen LogP contribution in [0.5, 0.6) is 0 Å². The molecule has 2 aliphatic rings. The number of esters is 1. The van der Waals surface area contributed by atoms with Crippen LogP contribution in [0.25, 0.3) is 11.2 Å². The van der Waals surface area contributed by atoms with Gasteiger partial charge in [-0.2, -0.15) is 0 Å². The lowest BCUT2D eigenvalue weighted by molar-refractivity contribution is -0.942. The predicted molar refractivity (Wildman–Crippen MR) is 148 cm³/mol. The maximum absolute atomic E-state index is 13.6. The molecule has 11 heteroatoms. The second-order valence-electron chi connectivity index (χ2n) is 11.1. The van der Waals surface area contributed by atoms with E-state index in [0.717, 1.165) is 36.8 Å². The van der Waals surface area contributed by atoms with Crippen LogP contribution >= 0.6 is 0 Å². The summed E-state index contributed by atoms with van der Waals surface area (Å²) in [4.78, 5) is 44.5. The number of nitrogens with one attached hydrogen (secondary N) is 1. The van der Waals surface area contributed by atoms with Gasteiger partial charge in [0.05, 0.1) is 31.5 Å². The molecule has 0 spiro atoms. The molecule has 6 rings (SSSR count). The summed E-state index contributed by atoms with van der Waals surface area (Å²) in [6.45, 7) is 1.39. The van der Waals surface area contributed by atoms with E-state index >= 15 is 0 Å². The Hall–Kier alpha value is -3.73. The zero-order valence-electron chi connectivity index (χ0n) is 23.1. The molecule has 10 nitrogen and oxygen atoms in total. The molecule has 2 unspecified atom stereocenters. The van der Waals surface area contributed by atoms with Gasteiger partial charge in [-0.3, -0.25) is 13.9 Å². The molecule has 2 aromatic heterocycles. The van der Waals surface area contributed by atoms with Gasteiger partial charge in [0.2, 0.25) is 5.60 Å². The molecule has 2 N–H and O–H groups in total. The zero-order valence-corrected chi connectivity index (χ0v) is 23.8. The Morgan fingerprint density at radius 1 is 0.976 bits per heavy atom. The molecule has 2 fully saturated rings. The number of hydrogen-bond donors (Lipinski definition) is 2. The van der Waals surface area contributed by atoms with Crippen LogP contribution in [0.4, 0.5) is 0 Å². The van der Waals surface area contributed by atoms with Crippen LogP contribution in [0.3, 0.4) is 0 Å². The number of nitrogens with zero attached hydrogens (tertiary/aromatic N) is 4. The second-order valence-corrected chi connectivity index (χ2v) is 11.1. The highest BCUT2D eigenvalue weighted by molar-refractivity contribution is 5.85. The SMILES string of the molecule is Cn1c(=O)c2c(ncn2CC[NH+]2C3CCC2CC(OC(=O)C(O)(c2ccccc2)c2ccccc2)C3)n(C)c1=O.[Cl-]. The van der Waals surface area contributed by atoms with Crippen molar-refractivity contribution in [1.82, 2.24) is 18.7 Å². The Labute approximate surface area is 243 Å². The molecule has 2 saturated heterocycles. The molecule has 0 amide bonds. The molecule has 41 heavy (non-hydrogen) atoms. The van der Waals surface area contributed by atoms with Crippen LogP contribution in [-0.4, -0.2) is 54.5 Å². The molecular formula is C30H34ClN5O5. The van der Waals surface area contributed by atoms with E-state index in [1.165, 1.54) is 16.5 Å². The summed E-state index contributed by atoms with van der Waals surface area (Å²) in [5.74, 6) is -0.649. The molecule has 2 atom stereocenters. The van der Waals surface area contributed by atoms with E-state index < -0.39 is 17.3 Å². The lowest BCUT2D eigenvalue weighted by Crippen LogP contribution is -3.18. The van der Waals surface area contributed by atoms with Gasteiger partial charge in [-0.1, -0.05) is 60.7 Å². The highest BCUT2D eigenvalue weighted by Gasteiger charge is 2.48. The van der Waals surface area contributed by atoms with Gasteiger partial charge in [-0.25, -0.2) is 14.6 Å². The van der Waals surface area contributed by atoms with Crippen LogP contribution in [0.2, 0.25) is 0 Å². The summed E-state index contributed by atoms with van der Waals surface area (Å²) in [6, 6.07) is 18.5. The molecule has 0 radical (unpaired) electrons. The number of aliphatic hydroxyl groups is 1. The van der Waals surface area contributed by atoms with E-state index in [4.69, 9.17) is 4.74 Å². The van der Waals surface area contributed by atoms with Crippen LogP contribution in [-0.2, 0) is 35.8 Å². The number of imidazole rings is 1. The number of hydrogen-bond acceptors (Lipinski definition) is 6. The largest absolute Gasteiger partial charge is 1.00 e. The highest BCUT2D eigenvalue weighted by Crippen LogP contribution is 2.33. The van der Waals surface area contributed by atoms with E-state index in [9.17, 15) is 19.5 Å². The molecule has 4 heterocycles. The van der Waals surface area contributed by atoms with Crippen molar-refractivity contribution in [3.63, 3.8) is 0 Å². The number of carbonyl (C=O) groups excluding carboxylic acids is 1. The Balaban J connectivity index is 0.00000337. The Bertz CT molecular complexity index is 1610. The molecule has 2 aliphatic heterocycles. The maximum atomic E-state index is 13.6. The van der Waals surface area contributed by atoms with Crippen LogP contribution in [0, 0.1) is 0 Å². The summed E-state index contributed by atoms with van der Waals surface area (Å²) in [6.07, 6.45) is 4.88. The third-order valence-electron chi connectivity index (χ3n) is 8.82. The number of aromatic nitrogens is 4. The fourth-order valence-corrected chi connectivity index (χ4v) is 6.69. The number of ether oxygens (including phenoxy) is 1. The van der Waals surface area contributed by atoms with Crippen LogP contribution in [0.15, 0.2) is 76.6 Å². The van der Waals surface area contributed by atoms with Gasteiger partial charge < -0.3 is 31.7 Å². The molecule has 0 aliphatic carbocycles. The standard InChI is InChI=1S/C30H33N5O5.ClH/c1-32-26-25(27(36)33(2)29(32)38)34(19-31-26)15-16-35-22-13-14-23(35)18-24(17-22)40-28(37)30(39,20-9-5-3-6-10-20)21-11-7-4-8-12-21;/h3-12,19,22-24,39H,13-18H2,1-2H3;1H. The van der Waals surface area contributed by atoms with Crippen LogP contribution < -0.4 is 28.6 Å². The number of benzene rings is 2. The third-order valence-corrected chi connectivity index (χ3v) is 8.82. The number of aryl methyl sites for hydroxylation is 1. The Kier molecular flexibility index (Phi) is 7.91. The fourth-order valence-electron chi connectivity index (χ4n) is 6.69. The van der Waals surface area contributed by atoms with Gasteiger partial charge in [0.15, 0.2) is 11.2 Å². The first-order chi connectivity index (χ1) is 19.3. The molecule has 2 aromatic carbocycles. The number of quaternary nitrogens is 1.